The standard InChI is InChI=1S/C14H15N3O4/c1-8(6-12(18)19)9-2-4-10(5-3-9)16-13(20)11-7-15-14(21)17-11/h2-5,7-8H,6H2,1H3,(H,16,20)(H,18,19)(H2,15,17,21). The molecule has 21 heavy (non-hydrogen) atoms. The number of hydrogen-bond acceptors (Lipinski definition) is 3. The van der Waals surface area contributed by atoms with Gasteiger partial charge in [0.15, 0.2) is 0 Å². The molecule has 1 aromatic heterocycles. The molecule has 1 aromatic carbocycles. The molecule has 110 valence electrons. The molecule has 0 saturated heterocycles. The number of amides is 1. The van der Waals surface area contributed by atoms with Gasteiger partial charge >= 0.3 is 11.7 Å². The van der Waals surface area contributed by atoms with Crippen molar-refractivity contribution in [3.8, 4) is 0 Å². The largest absolute Gasteiger partial charge is 0.481 e. The van der Waals surface area contributed by atoms with E-state index in [2.05, 4.69) is 15.3 Å². The Morgan fingerprint density at radius 3 is 2.48 bits per heavy atom. The van der Waals surface area contributed by atoms with Crippen molar-refractivity contribution >= 4 is 17.6 Å². The number of H-pyrrole nitrogens is 2. The van der Waals surface area contributed by atoms with Crippen molar-refractivity contribution in [1.82, 2.24) is 9.97 Å². The highest BCUT2D eigenvalue weighted by Gasteiger charge is 2.11. The molecular weight excluding hydrogens is 274 g/mol. The lowest BCUT2D eigenvalue weighted by Gasteiger charge is -2.10. The average molecular weight is 289 g/mol. The Bertz CT molecular complexity index is 700. The second-order valence-electron chi connectivity index (χ2n) is 4.73. The fourth-order valence-electron chi connectivity index (χ4n) is 1.93. The van der Waals surface area contributed by atoms with Gasteiger partial charge in [-0.3, -0.25) is 9.59 Å². The van der Waals surface area contributed by atoms with E-state index < -0.39 is 17.6 Å². The molecule has 0 spiro atoms. The maximum Gasteiger partial charge on any atom is 0.323 e. The fourth-order valence-corrected chi connectivity index (χ4v) is 1.93. The number of benzene rings is 1. The van der Waals surface area contributed by atoms with Gasteiger partial charge in [-0.05, 0) is 23.6 Å². The Morgan fingerprint density at radius 2 is 1.95 bits per heavy atom. The number of carboxylic acid groups (broad SMARTS) is 1. The first kappa shape index (κ1) is 14.6. The van der Waals surface area contributed by atoms with Gasteiger partial charge in [0, 0.05) is 11.9 Å². The van der Waals surface area contributed by atoms with Crippen LogP contribution in [0.5, 0.6) is 0 Å². The third-order valence-corrected chi connectivity index (χ3v) is 3.06. The van der Waals surface area contributed by atoms with Crippen molar-refractivity contribution in [3.05, 3.63) is 52.2 Å². The predicted octanol–water partition coefficient (Wildman–Crippen LogP) is 1.53. The molecule has 0 fully saturated rings. The Morgan fingerprint density at radius 1 is 1.29 bits per heavy atom. The minimum atomic E-state index is -0.851. The van der Waals surface area contributed by atoms with Crippen LogP contribution in [0.4, 0.5) is 5.69 Å². The highest BCUT2D eigenvalue weighted by atomic mass is 16.4. The molecule has 0 aliphatic rings. The van der Waals surface area contributed by atoms with Crippen molar-refractivity contribution < 1.29 is 14.7 Å². The maximum atomic E-state index is 11.8. The Hall–Kier alpha value is -2.83. The second-order valence-corrected chi connectivity index (χ2v) is 4.73. The van der Waals surface area contributed by atoms with Crippen LogP contribution in [0, 0.1) is 0 Å². The summed E-state index contributed by atoms with van der Waals surface area (Å²) < 4.78 is 0. The van der Waals surface area contributed by atoms with E-state index in [1.165, 1.54) is 6.20 Å². The van der Waals surface area contributed by atoms with E-state index in [-0.39, 0.29) is 18.0 Å². The Kier molecular flexibility index (Phi) is 4.22. The summed E-state index contributed by atoms with van der Waals surface area (Å²) in [6.07, 6.45) is 1.34. The fraction of sp³-hybridized carbons (Fsp3) is 0.214. The normalized spacial score (nSPS) is 11.9. The number of carbonyl (C=O) groups is 2. The minimum absolute atomic E-state index is 0.0519. The van der Waals surface area contributed by atoms with Crippen LogP contribution < -0.4 is 11.0 Å². The van der Waals surface area contributed by atoms with E-state index >= 15 is 0 Å². The van der Waals surface area contributed by atoms with E-state index in [4.69, 9.17) is 5.11 Å². The average Bonchev–Trinajstić information content (AvgIpc) is 2.85. The SMILES string of the molecule is CC(CC(=O)O)c1ccc(NC(=O)c2c[nH]c(=O)[nH]2)cc1. The van der Waals surface area contributed by atoms with E-state index in [0.29, 0.717) is 5.69 Å². The number of aromatic amines is 2. The van der Waals surface area contributed by atoms with Crippen molar-refractivity contribution in [2.45, 2.75) is 19.3 Å². The third kappa shape index (κ3) is 3.82. The lowest BCUT2D eigenvalue weighted by atomic mass is 9.98. The highest BCUT2D eigenvalue weighted by Crippen LogP contribution is 2.21. The molecule has 2 aromatic rings. The molecule has 1 atom stereocenters. The molecule has 2 rings (SSSR count). The molecule has 1 unspecified atom stereocenters. The molecule has 0 aliphatic heterocycles. The second kappa shape index (κ2) is 6.08. The lowest BCUT2D eigenvalue weighted by Crippen LogP contribution is -2.14. The summed E-state index contributed by atoms with van der Waals surface area (Å²) in [5.74, 6) is -1.38. The van der Waals surface area contributed by atoms with E-state index in [1.807, 2.05) is 6.92 Å². The van der Waals surface area contributed by atoms with Crippen LogP contribution >= 0.6 is 0 Å². The third-order valence-electron chi connectivity index (χ3n) is 3.06. The van der Waals surface area contributed by atoms with Gasteiger partial charge < -0.3 is 20.4 Å². The van der Waals surface area contributed by atoms with Crippen molar-refractivity contribution in [2.75, 3.05) is 5.32 Å². The van der Waals surface area contributed by atoms with Crippen LogP contribution in [-0.2, 0) is 4.79 Å². The van der Waals surface area contributed by atoms with Gasteiger partial charge in [-0.1, -0.05) is 19.1 Å². The van der Waals surface area contributed by atoms with Gasteiger partial charge in [-0.2, -0.15) is 0 Å². The van der Waals surface area contributed by atoms with Gasteiger partial charge in [-0.15, -0.1) is 0 Å². The van der Waals surface area contributed by atoms with Gasteiger partial charge in [0.1, 0.15) is 5.69 Å². The van der Waals surface area contributed by atoms with Crippen LogP contribution in [0.1, 0.15) is 35.3 Å². The van der Waals surface area contributed by atoms with Gasteiger partial charge in [0.05, 0.1) is 6.42 Å². The van der Waals surface area contributed by atoms with Gasteiger partial charge in [-0.25, -0.2) is 4.79 Å². The zero-order valence-corrected chi connectivity index (χ0v) is 11.3. The van der Waals surface area contributed by atoms with Crippen molar-refractivity contribution in [3.63, 3.8) is 0 Å². The number of hydrogen-bond donors (Lipinski definition) is 4. The van der Waals surface area contributed by atoms with Crippen LogP contribution in [0.2, 0.25) is 0 Å². The molecule has 7 nitrogen and oxygen atoms in total. The Balaban J connectivity index is 2.04. The number of carboxylic acids is 1. The molecule has 4 N–H and O–H groups in total. The zero-order chi connectivity index (χ0) is 15.4. The number of rotatable bonds is 5. The molecule has 1 amide bonds. The summed E-state index contributed by atoms with van der Waals surface area (Å²) in [4.78, 5) is 38.1. The molecule has 7 heteroatoms. The smallest absolute Gasteiger partial charge is 0.323 e. The summed E-state index contributed by atoms with van der Waals surface area (Å²) >= 11 is 0. The first-order chi connectivity index (χ1) is 9.95. The van der Waals surface area contributed by atoms with Crippen LogP contribution in [0.15, 0.2) is 35.3 Å². The summed E-state index contributed by atoms with van der Waals surface area (Å²) in [7, 11) is 0. The molecule has 0 saturated carbocycles. The van der Waals surface area contributed by atoms with Gasteiger partial charge in [0.25, 0.3) is 5.91 Å². The van der Waals surface area contributed by atoms with Crippen molar-refractivity contribution in [2.24, 2.45) is 0 Å². The molecule has 1 heterocycles. The zero-order valence-electron chi connectivity index (χ0n) is 11.3. The number of aromatic nitrogens is 2. The number of aliphatic carboxylic acids is 1. The van der Waals surface area contributed by atoms with Crippen molar-refractivity contribution in [1.29, 1.82) is 0 Å². The topological polar surface area (TPSA) is 115 Å². The number of anilines is 1. The predicted molar refractivity (Wildman–Crippen MR) is 76.5 cm³/mol. The molecule has 0 aliphatic carbocycles. The van der Waals surface area contributed by atoms with Crippen LogP contribution in [-0.4, -0.2) is 27.0 Å². The minimum Gasteiger partial charge on any atom is -0.481 e. The summed E-state index contributed by atoms with van der Waals surface area (Å²) in [6.45, 7) is 1.83. The van der Waals surface area contributed by atoms with E-state index in [0.717, 1.165) is 5.56 Å². The van der Waals surface area contributed by atoms with Crippen LogP contribution in [0.25, 0.3) is 0 Å². The monoisotopic (exact) mass is 289 g/mol. The summed E-state index contributed by atoms with van der Waals surface area (Å²) in [6, 6.07) is 6.92. The number of nitrogens with one attached hydrogen (secondary N) is 3. The summed E-state index contributed by atoms with van der Waals surface area (Å²) in [5.41, 5.74) is 1.14. The highest BCUT2D eigenvalue weighted by molar-refractivity contribution is 6.02. The molecule has 0 radical (unpaired) electrons. The van der Waals surface area contributed by atoms with E-state index in [1.54, 1.807) is 24.3 Å². The number of imidazole rings is 1. The first-order valence-corrected chi connectivity index (χ1v) is 6.36. The molecule has 0 bridgehead atoms. The van der Waals surface area contributed by atoms with E-state index in [9.17, 15) is 14.4 Å². The lowest BCUT2D eigenvalue weighted by molar-refractivity contribution is -0.137. The Labute approximate surface area is 120 Å². The number of carbonyl (C=O) groups excluding carboxylic acids is 1. The van der Waals surface area contributed by atoms with Gasteiger partial charge in [0.2, 0.25) is 0 Å². The maximum absolute atomic E-state index is 11.8. The first-order valence-electron chi connectivity index (χ1n) is 6.36. The summed E-state index contributed by atoms with van der Waals surface area (Å²) in [5, 5.41) is 11.4. The van der Waals surface area contributed by atoms with Crippen LogP contribution in [0.3, 0.4) is 0 Å². The quantitative estimate of drug-likeness (QED) is 0.668. The molecular formula is C14H15N3O4.